The molecule has 7 nitrogen and oxygen atoms in total. The fourth-order valence-corrected chi connectivity index (χ4v) is 4.36. The first-order valence-corrected chi connectivity index (χ1v) is 11.0. The molecule has 146 valence electrons. The van der Waals surface area contributed by atoms with Crippen molar-refractivity contribution in [2.24, 2.45) is 0 Å². The molecule has 28 heavy (non-hydrogen) atoms. The lowest BCUT2D eigenvalue weighted by atomic mass is 10.0. The number of nitrogens with one attached hydrogen (secondary N) is 1. The zero-order valence-electron chi connectivity index (χ0n) is 15.5. The summed E-state index contributed by atoms with van der Waals surface area (Å²) in [5.41, 5.74) is 2.75. The third-order valence-corrected chi connectivity index (χ3v) is 6.32. The van der Waals surface area contributed by atoms with Crippen LogP contribution in [0.1, 0.15) is 12.8 Å². The minimum Gasteiger partial charge on any atom is -0.508 e. The second kappa shape index (κ2) is 7.37. The summed E-state index contributed by atoms with van der Waals surface area (Å²) in [6.45, 7) is 1.02. The Balaban J connectivity index is 1.49. The van der Waals surface area contributed by atoms with Crippen LogP contribution in [0.15, 0.2) is 48.7 Å². The number of aromatic nitrogens is 2. The van der Waals surface area contributed by atoms with Gasteiger partial charge in [-0.25, -0.2) is 22.7 Å². The van der Waals surface area contributed by atoms with E-state index in [0.29, 0.717) is 19.0 Å². The molecule has 2 aromatic carbocycles. The molecule has 8 heteroatoms. The van der Waals surface area contributed by atoms with Crippen molar-refractivity contribution in [2.75, 3.05) is 24.7 Å². The third-order valence-electron chi connectivity index (χ3n) is 5.02. The molecule has 0 amide bonds. The molecular weight excluding hydrogens is 376 g/mol. The van der Waals surface area contributed by atoms with E-state index in [2.05, 4.69) is 15.3 Å². The van der Waals surface area contributed by atoms with Gasteiger partial charge >= 0.3 is 0 Å². The van der Waals surface area contributed by atoms with Crippen molar-refractivity contribution in [3.05, 3.63) is 48.7 Å². The number of hydrogen-bond donors (Lipinski definition) is 2. The monoisotopic (exact) mass is 398 g/mol. The SMILES string of the molecule is CS(=O)(=O)N1CCC(Nc2ncc3cc(-c4cccc(O)c4)ccc3n2)CC1. The maximum atomic E-state index is 11.6. The van der Waals surface area contributed by atoms with Gasteiger partial charge < -0.3 is 10.4 Å². The van der Waals surface area contributed by atoms with E-state index in [0.717, 1.165) is 34.9 Å². The first-order chi connectivity index (χ1) is 13.4. The number of nitrogens with zero attached hydrogens (tertiary/aromatic N) is 3. The zero-order chi connectivity index (χ0) is 19.7. The third kappa shape index (κ3) is 4.07. The average molecular weight is 398 g/mol. The minimum atomic E-state index is -3.12. The predicted molar refractivity (Wildman–Crippen MR) is 110 cm³/mol. The number of sulfonamides is 1. The van der Waals surface area contributed by atoms with Gasteiger partial charge in [0.1, 0.15) is 5.75 Å². The Kier molecular flexibility index (Phi) is 4.91. The molecule has 4 rings (SSSR count). The van der Waals surface area contributed by atoms with Crippen molar-refractivity contribution in [3.63, 3.8) is 0 Å². The number of fused-ring (bicyclic) bond motifs is 1. The summed E-state index contributed by atoms with van der Waals surface area (Å²) in [6.07, 6.45) is 4.48. The van der Waals surface area contributed by atoms with Crippen molar-refractivity contribution in [1.29, 1.82) is 0 Å². The highest BCUT2D eigenvalue weighted by molar-refractivity contribution is 7.88. The van der Waals surface area contributed by atoms with Gasteiger partial charge in [0.15, 0.2) is 0 Å². The molecule has 2 heterocycles. The van der Waals surface area contributed by atoms with Crippen molar-refractivity contribution < 1.29 is 13.5 Å². The topological polar surface area (TPSA) is 95.4 Å². The van der Waals surface area contributed by atoms with E-state index in [1.807, 2.05) is 30.3 Å². The van der Waals surface area contributed by atoms with E-state index in [1.54, 1.807) is 18.3 Å². The highest BCUT2D eigenvalue weighted by Crippen LogP contribution is 2.26. The second-order valence-electron chi connectivity index (χ2n) is 7.10. The van der Waals surface area contributed by atoms with Gasteiger partial charge in [-0.3, -0.25) is 0 Å². The lowest BCUT2D eigenvalue weighted by molar-refractivity contribution is 0.331. The number of phenolic OH excluding ortho intramolecular Hbond substituents is 1. The number of piperidine rings is 1. The van der Waals surface area contributed by atoms with E-state index in [1.165, 1.54) is 10.6 Å². The van der Waals surface area contributed by atoms with Crippen LogP contribution in [0, 0.1) is 0 Å². The Morgan fingerprint density at radius 2 is 1.86 bits per heavy atom. The molecule has 0 bridgehead atoms. The number of phenols is 1. The number of benzene rings is 2. The maximum absolute atomic E-state index is 11.6. The second-order valence-corrected chi connectivity index (χ2v) is 9.08. The van der Waals surface area contributed by atoms with E-state index in [-0.39, 0.29) is 11.8 Å². The summed E-state index contributed by atoms with van der Waals surface area (Å²) in [4.78, 5) is 9.00. The van der Waals surface area contributed by atoms with Crippen molar-refractivity contribution in [2.45, 2.75) is 18.9 Å². The Morgan fingerprint density at radius 1 is 1.11 bits per heavy atom. The summed E-state index contributed by atoms with van der Waals surface area (Å²) >= 11 is 0. The Hall–Kier alpha value is -2.71. The Bertz CT molecular complexity index is 1110. The van der Waals surface area contributed by atoms with Crippen LogP contribution in [0.4, 0.5) is 5.95 Å². The van der Waals surface area contributed by atoms with E-state index in [9.17, 15) is 13.5 Å². The quantitative estimate of drug-likeness (QED) is 0.702. The van der Waals surface area contributed by atoms with Crippen LogP contribution in [0.5, 0.6) is 5.75 Å². The molecule has 1 fully saturated rings. The molecule has 0 spiro atoms. The molecule has 1 aliphatic heterocycles. The normalized spacial score (nSPS) is 16.3. The van der Waals surface area contributed by atoms with Crippen molar-refractivity contribution in [3.8, 4) is 16.9 Å². The van der Waals surface area contributed by atoms with Crippen LogP contribution in [0.25, 0.3) is 22.0 Å². The number of aromatic hydroxyl groups is 1. The molecule has 0 atom stereocenters. The van der Waals surface area contributed by atoms with Crippen LogP contribution in [0.3, 0.4) is 0 Å². The largest absolute Gasteiger partial charge is 0.508 e. The highest BCUT2D eigenvalue weighted by atomic mass is 32.2. The van der Waals surface area contributed by atoms with Crippen molar-refractivity contribution in [1.82, 2.24) is 14.3 Å². The maximum Gasteiger partial charge on any atom is 0.223 e. The van der Waals surface area contributed by atoms with Gasteiger partial charge in [-0.15, -0.1) is 0 Å². The molecule has 2 N–H and O–H groups in total. The van der Waals surface area contributed by atoms with Gasteiger partial charge in [0.25, 0.3) is 0 Å². The van der Waals surface area contributed by atoms with Crippen LogP contribution in [0.2, 0.25) is 0 Å². The fraction of sp³-hybridized carbons (Fsp3) is 0.300. The van der Waals surface area contributed by atoms with Crippen molar-refractivity contribution >= 4 is 26.9 Å². The lowest BCUT2D eigenvalue weighted by Crippen LogP contribution is -2.42. The fourth-order valence-electron chi connectivity index (χ4n) is 3.48. The van der Waals surface area contributed by atoms with Crippen LogP contribution in [-0.2, 0) is 10.0 Å². The summed E-state index contributed by atoms with van der Waals surface area (Å²) < 4.78 is 24.7. The molecule has 0 saturated carbocycles. The number of rotatable bonds is 4. The average Bonchev–Trinajstić information content (AvgIpc) is 2.67. The summed E-state index contributed by atoms with van der Waals surface area (Å²) in [5, 5.41) is 13.9. The predicted octanol–water partition coefficient (Wildman–Crippen LogP) is 2.84. The molecule has 1 saturated heterocycles. The summed E-state index contributed by atoms with van der Waals surface area (Å²) in [5.74, 6) is 0.783. The molecule has 3 aromatic rings. The smallest absolute Gasteiger partial charge is 0.223 e. The van der Waals surface area contributed by atoms with Gasteiger partial charge in [0.2, 0.25) is 16.0 Å². The van der Waals surface area contributed by atoms with E-state index in [4.69, 9.17) is 0 Å². The molecule has 1 aliphatic rings. The van der Waals surface area contributed by atoms with E-state index < -0.39 is 10.0 Å². The Morgan fingerprint density at radius 3 is 2.57 bits per heavy atom. The van der Waals surface area contributed by atoms with Crippen LogP contribution < -0.4 is 5.32 Å². The number of hydrogen-bond acceptors (Lipinski definition) is 6. The lowest BCUT2D eigenvalue weighted by Gasteiger charge is -2.30. The molecule has 0 radical (unpaired) electrons. The van der Waals surface area contributed by atoms with E-state index >= 15 is 0 Å². The van der Waals surface area contributed by atoms with Crippen LogP contribution >= 0.6 is 0 Å². The van der Waals surface area contributed by atoms with Gasteiger partial charge in [0, 0.05) is 30.7 Å². The summed E-state index contributed by atoms with van der Waals surface area (Å²) in [7, 11) is -3.12. The van der Waals surface area contributed by atoms with Gasteiger partial charge in [-0.2, -0.15) is 0 Å². The molecule has 0 aliphatic carbocycles. The highest BCUT2D eigenvalue weighted by Gasteiger charge is 2.25. The first kappa shape index (κ1) is 18.6. The summed E-state index contributed by atoms with van der Waals surface area (Å²) in [6, 6.07) is 13.2. The standard InChI is InChI=1S/C20H22N4O3S/c1-28(26,27)24-9-7-17(8-10-24)22-20-21-13-16-11-15(5-6-19(16)23-20)14-3-2-4-18(25)12-14/h2-6,11-13,17,25H,7-10H2,1H3,(H,21,22,23). The van der Waals surface area contributed by atoms with Crippen LogP contribution in [-0.4, -0.2) is 53.2 Å². The van der Waals surface area contributed by atoms with Gasteiger partial charge in [-0.05, 0) is 48.2 Å². The molecule has 0 unspecified atom stereocenters. The van der Waals surface area contributed by atoms with Gasteiger partial charge in [-0.1, -0.05) is 18.2 Å². The molecular formula is C20H22N4O3S. The minimum absolute atomic E-state index is 0.155. The zero-order valence-corrected chi connectivity index (χ0v) is 16.4. The first-order valence-electron chi connectivity index (χ1n) is 9.16. The number of anilines is 1. The molecule has 1 aromatic heterocycles. The Labute approximate surface area is 164 Å². The van der Waals surface area contributed by atoms with Gasteiger partial charge in [0.05, 0.1) is 11.8 Å².